The van der Waals surface area contributed by atoms with Crippen LogP contribution < -0.4 is 0 Å². The molecule has 0 spiro atoms. The van der Waals surface area contributed by atoms with Crippen LogP contribution in [0.5, 0.6) is 0 Å². The fourth-order valence-corrected chi connectivity index (χ4v) is 13.0. The largest absolute Gasteiger partial charge is 0.0842 e. The van der Waals surface area contributed by atoms with E-state index in [-0.39, 0.29) is 11.8 Å². The van der Waals surface area contributed by atoms with Crippen molar-refractivity contribution in [2.24, 2.45) is 23.7 Å². The first-order valence-electron chi connectivity index (χ1n) is 22.3. The van der Waals surface area contributed by atoms with Gasteiger partial charge in [-0.15, -0.1) is 0 Å². The summed E-state index contributed by atoms with van der Waals surface area (Å²) in [5, 5.41) is 5.66. The maximum atomic E-state index is 2.69. The molecule has 4 unspecified atom stereocenters. The van der Waals surface area contributed by atoms with E-state index in [1.165, 1.54) is 118 Å². The highest BCUT2D eigenvalue weighted by Gasteiger charge is 2.49. The maximum Gasteiger partial charge on any atom is 0.0212 e. The van der Waals surface area contributed by atoms with Gasteiger partial charge in [0.2, 0.25) is 0 Å². The summed E-state index contributed by atoms with van der Waals surface area (Å²) in [7, 11) is 0. The van der Waals surface area contributed by atoms with Crippen LogP contribution in [0.1, 0.15) is 78.8 Å². The molecule has 59 heavy (non-hydrogen) atoms. The molecular formula is C59H48. The topological polar surface area (TPSA) is 0 Å². The molecule has 0 bridgehead atoms. The number of benzene rings is 5. The molecule has 0 nitrogen and oxygen atoms in total. The van der Waals surface area contributed by atoms with Gasteiger partial charge in [0.1, 0.15) is 0 Å². The maximum absolute atomic E-state index is 2.69. The van der Waals surface area contributed by atoms with Gasteiger partial charge in [0.25, 0.3) is 0 Å². The molecular weight excluding hydrogens is 709 g/mol. The first kappa shape index (κ1) is 33.9. The number of allylic oxidation sites excluding steroid dienone is 20. The van der Waals surface area contributed by atoms with Crippen LogP contribution in [-0.4, -0.2) is 0 Å². The fourth-order valence-electron chi connectivity index (χ4n) is 13.0. The first-order valence-corrected chi connectivity index (χ1v) is 22.3. The number of hydrogen-bond acceptors (Lipinski definition) is 0. The van der Waals surface area contributed by atoms with E-state index in [1.54, 1.807) is 22.3 Å². The molecule has 0 aromatic heterocycles. The summed E-state index contributed by atoms with van der Waals surface area (Å²) in [5.41, 5.74) is 27.8. The highest BCUT2D eigenvalue weighted by atomic mass is 14.5. The summed E-state index contributed by atoms with van der Waals surface area (Å²) in [6, 6.07) is 28.3. The van der Waals surface area contributed by atoms with Crippen LogP contribution in [0.25, 0.3) is 66.1 Å². The minimum atomic E-state index is 0.255. The quantitative estimate of drug-likeness (QED) is 0.161. The minimum Gasteiger partial charge on any atom is -0.0842 e. The lowest BCUT2D eigenvalue weighted by Gasteiger charge is -2.41. The van der Waals surface area contributed by atoms with Gasteiger partial charge in [-0.3, -0.25) is 0 Å². The van der Waals surface area contributed by atoms with Crippen LogP contribution >= 0.6 is 0 Å². The van der Waals surface area contributed by atoms with E-state index in [2.05, 4.69) is 160 Å². The minimum absolute atomic E-state index is 0.255. The molecule has 8 aliphatic rings. The predicted octanol–water partition coefficient (Wildman–Crippen LogP) is 15.6. The Morgan fingerprint density at radius 1 is 0.525 bits per heavy atom. The van der Waals surface area contributed by atoms with Crippen LogP contribution in [0.3, 0.4) is 0 Å². The molecule has 5 aromatic carbocycles. The molecule has 0 heterocycles. The van der Waals surface area contributed by atoms with E-state index in [1.807, 2.05) is 0 Å². The zero-order valence-corrected chi connectivity index (χ0v) is 34.3. The number of hydrogen-bond donors (Lipinski definition) is 0. The van der Waals surface area contributed by atoms with Crippen molar-refractivity contribution in [3.05, 3.63) is 201 Å². The van der Waals surface area contributed by atoms with E-state index >= 15 is 0 Å². The van der Waals surface area contributed by atoms with Crippen LogP contribution in [0.4, 0.5) is 0 Å². The Kier molecular flexibility index (Phi) is 7.20. The van der Waals surface area contributed by atoms with Gasteiger partial charge in [0.05, 0.1) is 0 Å². The second-order valence-corrected chi connectivity index (χ2v) is 18.4. The van der Waals surface area contributed by atoms with E-state index in [4.69, 9.17) is 0 Å². The SMILES string of the molecule is Cc1ccccc1-c1c2c(c(-c3ccccc3C)c3c1cc1c4c(cccc43)C3=C1CCC=C3)C1=CC3=C(C=CCC3)C3C(C4=CC=C5C=CCCC5C4C)=CC=C2C13. The lowest BCUT2D eigenvalue weighted by molar-refractivity contribution is 0.426. The molecule has 0 heteroatoms. The molecule has 4 atom stereocenters. The Morgan fingerprint density at radius 3 is 2.08 bits per heavy atom. The molecule has 0 saturated heterocycles. The van der Waals surface area contributed by atoms with Crippen LogP contribution in [0, 0.1) is 37.5 Å². The lowest BCUT2D eigenvalue weighted by Crippen LogP contribution is -2.29. The Labute approximate surface area is 348 Å². The third kappa shape index (κ3) is 4.56. The summed E-state index contributed by atoms with van der Waals surface area (Å²) in [6.45, 7) is 7.18. The van der Waals surface area contributed by atoms with Gasteiger partial charge >= 0.3 is 0 Å². The average molecular weight is 757 g/mol. The molecule has 0 radical (unpaired) electrons. The van der Waals surface area contributed by atoms with Crippen molar-refractivity contribution in [3.8, 4) is 22.3 Å². The van der Waals surface area contributed by atoms with Gasteiger partial charge in [-0.2, -0.15) is 0 Å². The molecule has 0 amide bonds. The molecule has 0 aliphatic heterocycles. The van der Waals surface area contributed by atoms with Crippen molar-refractivity contribution in [2.75, 3.05) is 0 Å². The smallest absolute Gasteiger partial charge is 0.0212 e. The van der Waals surface area contributed by atoms with Gasteiger partial charge in [-0.25, -0.2) is 0 Å². The molecule has 0 fully saturated rings. The Balaban J connectivity index is 1.20. The summed E-state index contributed by atoms with van der Waals surface area (Å²) in [6.07, 6.45) is 34.2. The summed E-state index contributed by atoms with van der Waals surface area (Å²) < 4.78 is 0. The van der Waals surface area contributed by atoms with Crippen LogP contribution in [-0.2, 0) is 0 Å². The Morgan fingerprint density at radius 2 is 1.24 bits per heavy atom. The average Bonchev–Trinajstić information content (AvgIpc) is 3.77. The first-order chi connectivity index (χ1) is 29.1. The van der Waals surface area contributed by atoms with Gasteiger partial charge in [0, 0.05) is 11.8 Å². The molecule has 0 N–H and O–H groups in total. The van der Waals surface area contributed by atoms with Crippen LogP contribution in [0.2, 0.25) is 0 Å². The monoisotopic (exact) mass is 756 g/mol. The highest BCUT2D eigenvalue weighted by molar-refractivity contribution is 6.30. The molecule has 13 rings (SSSR count). The third-order valence-corrected chi connectivity index (χ3v) is 15.6. The van der Waals surface area contributed by atoms with Gasteiger partial charge < -0.3 is 0 Å². The van der Waals surface area contributed by atoms with E-state index in [9.17, 15) is 0 Å². The van der Waals surface area contributed by atoms with E-state index < -0.39 is 0 Å². The number of fused-ring (bicyclic) bond motifs is 9. The zero-order valence-electron chi connectivity index (χ0n) is 34.3. The Bertz CT molecular complexity index is 3130. The molecule has 5 aromatic rings. The second-order valence-electron chi connectivity index (χ2n) is 18.4. The third-order valence-electron chi connectivity index (χ3n) is 15.6. The predicted molar refractivity (Wildman–Crippen MR) is 251 cm³/mol. The van der Waals surface area contributed by atoms with Crippen LogP contribution in [0.15, 0.2) is 167 Å². The van der Waals surface area contributed by atoms with Gasteiger partial charge in [-0.05, 0) is 198 Å². The van der Waals surface area contributed by atoms with Crippen molar-refractivity contribution in [1.82, 2.24) is 0 Å². The molecule has 284 valence electrons. The van der Waals surface area contributed by atoms with E-state index in [0.29, 0.717) is 11.8 Å². The van der Waals surface area contributed by atoms with Gasteiger partial charge in [0.15, 0.2) is 0 Å². The number of rotatable bonds is 3. The van der Waals surface area contributed by atoms with Gasteiger partial charge in [-0.1, -0.05) is 140 Å². The fraction of sp³-hybridized carbons (Fsp3) is 0.220. The molecule has 0 saturated carbocycles. The number of aryl methyl sites for hydroxylation is 2. The Hall–Kier alpha value is -5.98. The molecule has 8 aliphatic carbocycles. The normalized spacial score (nSPS) is 24.3. The van der Waals surface area contributed by atoms with Crippen molar-refractivity contribution in [2.45, 2.75) is 59.3 Å². The van der Waals surface area contributed by atoms with E-state index in [0.717, 1.165) is 25.7 Å². The van der Waals surface area contributed by atoms with Crippen molar-refractivity contribution < 1.29 is 0 Å². The summed E-state index contributed by atoms with van der Waals surface area (Å²) in [5.74, 6) is 1.62. The van der Waals surface area contributed by atoms with Crippen molar-refractivity contribution >= 4 is 43.8 Å². The zero-order chi connectivity index (χ0) is 39.1. The second kappa shape index (κ2) is 12.5. The van der Waals surface area contributed by atoms with Crippen molar-refractivity contribution in [1.29, 1.82) is 0 Å². The summed E-state index contributed by atoms with van der Waals surface area (Å²) >= 11 is 0. The standard InChI is InChI=1S/C59H48/c1-33-15-4-8-19-38(33)53-51-32-49-44-24-13-12-23-43(44)45-25-14-26-47(52(45)49)56(51)57(39-20-9-5-16-34(39)2)59-50-31-37-18-7-11-22-42(37)54-46(29-30-48(55(50)54)58(53)59)41-28-27-36-17-6-10-21-40(36)35(41)3/h4-6,8-9,11-12,14-17,19-20,22-23,25-32,35,40,54-55H,7,10,13,18,21,24H2,1-3H3. The lowest BCUT2D eigenvalue weighted by atomic mass is 9.62. The summed E-state index contributed by atoms with van der Waals surface area (Å²) in [4.78, 5) is 0. The highest BCUT2D eigenvalue weighted by Crippen LogP contribution is 2.65. The van der Waals surface area contributed by atoms with Crippen molar-refractivity contribution in [3.63, 3.8) is 0 Å².